The van der Waals surface area contributed by atoms with Gasteiger partial charge in [0.2, 0.25) is 3.79 Å². The van der Waals surface area contributed by atoms with Crippen LogP contribution in [-0.2, 0) is 4.74 Å². The van der Waals surface area contributed by atoms with Gasteiger partial charge in [0.1, 0.15) is 5.60 Å². The second-order valence-corrected chi connectivity index (χ2v) is 5.32. The number of hydrogen-bond acceptors (Lipinski definition) is 1. The molecule has 0 heterocycles. The highest BCUT2D eigenvalue weighted by molar-refractivity contribution is 6.68. The van der Waals surface area contributed by atoms with E-state index in [4.69, 9.17) is 39.5 Å². The van der Waals surface area contributed by atoms with Crippen molar-refractivity contribution in [2.24, 2.45) is 0 Å². The van der Waals surface area contributed by atoms with Crippen molar-refractivity contribution in [2.45, 2.75) is 15.8 Å². The van der Waals surface area contributed by atoms with Gasteiger partial charge in [-0.05, 0) is 11.6 Å². The SMILES string of the molecule is C=CC1=CCC(OC)(C(Cl)(Cl)Cl)C=C1. The number of methoxy groups -OCH3 is 1. The minimum atomic E-state index is -1.47. The lowest BCUT2D eigenvalue weighted by molar-refractivity contribution is 0.0370. The quantitative estimate of drug-likeness (QED) is 0.680. The van der Waals surface area contributed by atoms with E-state index in [0.717, 1.165) is 5.57 Å². The Kier molecular flexibility index (Phi) is 3.70. The fourth-order valence-electron chi connectivity index (χ4n) is 1.27. The first-order chi connectivity index (χ1) is 6.45. The lowest BCUT2D eigenvalue weighted by atomic mass is 9.93. The van der Waals surface area contributed by atoms with E-state index in [1.807, 2.05) is 12.2 Å². The van der Waals surface area contributed by atoms with E-state index in [1.165, 1.54) is 7.11 Å². The van der Waals surface area contributed by atoms with Gasteiger partial charge in [-0.3, -0.25) is 0 Å². The molecule has 1 aliphatic rings. The molecule has 1 atom stereocenters. The monoisotopic (exact) mass is 252 g/mol. The Labute approximate surface area is 99.0 Å². The van der Waals surface area contributed by atoms with Crippen molar-refractivity contribution in [2.75, 3.05) is 7.11 Å². The first-order valence-corrected chi connectivity index (χ1v) is 5.22. The first-order valence-electron chi connectivity index (χ1n) is 4.09. The van der Waals surface area contributed by atoms with Crippen molar-refractivity contribution in [3.63, 3.8) is 0 Å². The number of halogens is 3. The first kappa shape index (κ1) is 12.1. The molecule has 1 rings (SSSR count). The summed E-state index contributed by atoms with van der Waals surface area (Å²) in [6.45, 7) is 3.66. The summed E-state index contributed by atoms with van der Waals surface area (Å²) in [6, 6.07) is 0. The maximum absolute atomic E-state index is 5.86. The van der Waals surface area contributed by atoms with E-state index < -0.39 is 9.39 Å². The number of allylic oxidation sites excluding steroid dienone is 3. The Morgan fingerprint density at radius 3 is 2.50 bits per heavy atom. The molecule has 0 aromatic heterocycles. The van der Waals surface area contributed by atoms with Gasteiger partial charge < -0.3 is 4.74 Å². The molecule has 0 bridgehead atoms. The molecule has 0 saturated heterocycles. The van der Waals surface area contributed by atoms with E-state index >= 15 is 0 Å². The molecule has 78 valence electrons. The lowest BCUT2D eigenvalue weighted by Gasteiger charge is -2.36. The molecule has 14 heavy (non-hydrogen) atoms. The van der Waals surface area contributed by atoms with Crippen molar-refractivity contribution >= 4 is 34.8 Å². The summed E-state index contributed by atoms with van der Waals surface area (Å²) in [5, 5.41) is 0. The Balaban J connectivity index is 2.95. The number of hydrogen-bond donors (Lipinski definition) is 0. The van der Waals surface area contributed by atoms with E-state index in [-0.39, 0.29) is 0 Å². The van der Waals surface area contributed by atoms with Crippen molar-refractivity contribution in [1.29, 1.82) is 0 Å². The van der Waals surface area contributed by atoms with Gasteiger partial charge in [-0.25, -0.2) is 0 Å². The van der Waals surface area contributed by atoms with Crippen LogP contribution >= 0.6 is 34.8 Å². The number of rotatable bonds is 2. The van der Waals surface area contributed by atoms with Crippen molar-refractivity contribution in [3.8, 4) is 0 Å². The second kappa shape index (κ2) is 4.28. The molecule has 0 N–H and O–H groups in total. The van der Waals surface area contributed by atoms with Crippen LogP contribution in [0.15, 0.2) is 36.5 Å². The van der Waals surface area contributed by atoms with Crippen LogP contribution in [0.5, 0.6) is 0 Å². The van der Waals surface area contributed by atoms with Crippen molar-refractivity contribution in [1.82, 2.24) is 0 Å². The van der Waals surface area contributed by atoms with Crippen molar-refractivity contribution in [3.05, 3.63) is 36.5 Å². The Morgan fingerprint density at radius 2 is 2.21 bits per heavy atom. The normalized spacial score (nSPS) is 27.3. The third-order valence-corrected chi connectivity index (χ3v) is 3.23. The summed E-state index contributed by atoms with van der Waals surface area (Å²) in [5.41, 5.74) is 0.136. The van der Waals surface area contributed by atoms with Gasteiger partial charge in [0.05, 0.1) is 0 Å². The van der Waals surface area contributed by atoms with Crippen LogP contribution in [0.3, 0.4) is 0 Å². The van der Waals surface area contributed by atoms with Gasteiger partial charge in [0, 0.05) is 13.5 Å². The summed E-state index contributed by atoms with van der Waals surface area (Å²) in [4.78, 5) is 0. The highest BCUT2D eigenvalue weighted by Gasteiger charge is 2.47. The molecule has 0 aliphatic heterocycles. The minimum Gasteiger partial charge on any atom is -0.369 e. The van der Waals surface area contributed by atoms with Crippen LogP contribution in [0.1, 0.15) is 6.42 Å². The van der Waals surface area contributed by atoms with Crippen molar-refractivity contribution < 1.29 is 4.74 Å². The van der Waals surface area contributed by atoms with Crippen LogP contribution in [-0.4, -0.2) is 16.5 Å². The van der Waals surface area contributed by atoms with E-state index in [2.05, 4.69) is 6.58 Å². The zero-order valence-corrected chi connectivity index (χ0v) is 10.0. The molecule has 0 spiro atoms. The molecule has 1 nitrogen and oxygen atoms in total. The van der Waals surface area contributed by atoms with Gasteiger partial charge in [0.25, 0.3) is 0 Å². The Hall–Kier alpha value is 0.0500. The highest BCUT2D eigenvalue weighted by Crippen LogP contribution is 2.45. The molecule has 0 aromatic carbocycles. The van der Waals surface area contributed by atoms with E-state index in [0.29, 0.717) is 6.42 Å². The van der Waals surface area contributed by atoms with Crippen LogP contribution in [0.25, 0.3) is 0 Å². The number of alkyl halides is 3. The fraction of sp³-hybridized carbons (Fsp3) is 0.400. The van der Waals surface area contributed by atoms with Crippen LogP contribution in [0.4, 0.5) is 0 Å². The molecule has 1 unspecified atom stereocenters. The van der Waals surface area contributed by atoms with E-state index in [9.17, 15) is 0 Å². The largest absolute Gasteiger partial charge is 0.369 e. The van der Waals surface area contributed by atoms with Gasteiger partial charge in [-0.1, -0.05) is 59.6 Å². The van der Waals surface area contributed by atoms with Gasteiger partial charge in [-0.15, -0.1) is 0 Å². The highest BCUT2D eigenvalue weighted by atomic mass is 35.6. The average Bonchev–Trinajstić information content (AvgIpc) is 2.16. The minimum absolute atomic E-state index is 0.526. The average molecular weight is 254 g/mol. The predicted octanol–water partition coefficient (Wildman–Crippen LogP) is 3.81. The van der Waals surface area contributed by atoms with Crippen LogP contribution in [0, 0.1) is 0 Å². The summed E-state index contributed by atoms with van der Waals surface area (Å²) in [7, 11) is 1.53. The number of ether oxygens (including phenoxy) is 1. The fourth-order valence-corrected chi connectivity index (χ4v) is 1.92. The molecule has 0 saturated carbocycles. The zero-order chi connectivity index (χ0) is 10.8. The second-order valence-electron chi connectivity index (χ2n) is 3.04. The molecular weight excluding hydrogens is 242 g/mol. The molecule has 1 aliphatic carbocycles. The summed E-state index contributed by atoms with van der Waals surface area (Å²) in [6.07, 6.45) is 7.80. The van der Waals surface area contributed by atoms with E-state index in [1.54, 1.807) is 12.2 Å². The molecular formula is C10H11Cl3O. The maximum Gasteiger partial charge on any atom is 0.222 e. The molecule has 0 radical (unpaired) electrons. The topological polar surface area (TPSA) is 9.23 Å². The third-order valence-electron chi connectivity index (χ3n) is 2.27. The standard InChI is InChI=1S/C10H11Cl3O/c1-3-8-4-6-9(14-2,7-5-8)10(11,12)13/h3-6H,1,7H2,2H3. The third kappa shape index (κ3) is 2.17. The molecule has 0 fully saturated rings. The summed E-state index contributed by atoms with van der Waals surface area (Å²) >= 11 is 17.6. The molecule has 0 aromatic rings. The Bertz CT molecular complexity index is 288. The zero-order valence-electron chi connectivity index (χ0n) is 7.77. The summed E-state index contributed by atoms with van der Waals surface area (Å²) < 4.78 is 3.80. The van der Waals surface area contributed by atoms with Gasteiger partial charge >= 0.3 is 0 Å². The van der Waals surface area contributed by atoms with Gasteiger partial charge in [0.15, 0.2) is 0 Å². The van der Waals surface area contributed by atoms with Crippen LogP contribution in [0.2, 0.25) is 0 Å². The predicted molar refractivity (Wildman–Crippen MR) is 62.1 cm³/mol. The molecule has 4 heteroatoms. The molecule has 0 amide bonds. The smallest absolute Gasteiger partial charge is 0.222 e. The maximum atomic E-state index is 5.86. The van der Waals surface area contributed by atoms with Crippen LogP contribution < -0.4 is 0 Å². The summed E-state index contributed by atoms with van der Waals surface area (Å²) in [5.74, 6) is 0. The van der Waals surface area contributed by atoms with Gasteiger partial charge in [-0.2, -0.15) is 0 Å². The lowest BCUT2D eigenvalue weighted by Crippen LogP contribution is -2.43. The Morgan fingerprint density at radius 1 is 1.57 bits per heavy atom.